The number of aliphatic hydroxyl groups is 1. The number of nitrogens with zero attached hydrogens (tertiary/aromatic N) is 2. The lowest BCUT2D eigenvalue weighted by atomic mass is 10.0. The second-order valence-electron chi connectivity index (χ2n) is 3.84. The number of fused-ring (bicyclic) bond motifs is 1. The topological polar surface area (TPSA) is 73.7 Å². The molecule has 2 heterocycles. The minimum atomic E-state index is -0.833. The van der Waals surface area contributed by atoms with E-state index in [9.17, 15) is 5.11 Å². The fourth-order valence-corrected chi connectivity index (χ4v) is 2.21. The number of aliphatic hydroxyl groups excluding tert-OH is 1. The first-order valence-electron chi connectivity index (χ1n) is 5.47. The molecule has 0 spiro atoms. The highest BCUT2D eigenvalue weighted by molar-refractivity contribution is 7.98. The number of ether oxygens (including phenoxy) is 3. The maximum atomic E-state index is 10.2. The van der Waals surface area contributed by atoms with Crippen molar-refractivity contribution in [3.63, 3.8) is 0 Å². The zero-order chi connectivity index (χ0) is 13.1. The largest absolute Gasteiger partial charge is 0.384 e. The van der Waals surface area contributed by atoms with E-state index in [1.54, 1.807) is 20.4 Å². The molecule has 0 fully saturated rings. The molecule has 100 valence electrons. The van der Waals surface area contributed by atoms with Gasteiger partial charge >= 0.3 is 0 Å². The highest BCUT2D eigenvalue weighted by Gasteiger charge is 2.36. The van der Waals surface area contributed by atoms with Gasteiger partial charge in [-0.15, -0.1) is 0 Å². The zero-order valence-corrected chi connectivity index (χ0v) is 11.3. The van der Waals surface area contributed by atoms with Crippen LogP contribution in [0, 0.1) is 0 Å². The van der Waals surface area contributed by atoms with Gasteiger partial charge in [0.05, 0.1) is 17.9 Å². The minimum absolute atomic E-state index is 0.277. The predicted molar refractivity (Wildman–Crippen MR) is 65.3 cm³/mol. The molecule has 1 aliphatic rings. The Morgan fingerprint density at radius 1 is 1.50 bits per heavy atom. The Bertz CT molecular complexity index is 418. The molecule has 2 rings (SSSR count). The van der Waals surface area contributed by atoms with Gasteiger partial charge in [-0.1, -0.05) is 11.8 Å². The molecule has 0 unspecified atom stereocenters. The zero-order valence-electron chi connectivity index (χ0n) is 10.5. The van der Waals surface area contributed by atoms with Gasteiger partial charge in [0.1, 0.15) is 12.2 Å². The standard InChI is InChI=1S/C11H16N2O4S/c1-15-5-7-9(14)8-6(10(16-2)17-7)4-12-11(13-8)18-3/h4,7,9-10,14H,5H2,1-3H3/t7-,9-,10+/m1/s1. The van der Waals surface area contributed by atoms with Crippen LogP contribution in [-0.2, 0) is 14.2 Å². The lowest BCUT2D eigenvalue weighted by Gasteiger charge is -2.33. The average Bonchev–Trinajstić information content (AvgIpc) is 2.41. The molecular formula is C11H16N2O4S. The summed E-state index contributed by atoms with van der Waals surface area (Å²) in [5, 5.41) is 10.8. The molecule has 0 bridgehead atoms. The Kier molecular flexibility index (Phi) is 4.52. The molecule has 1 aromatic rings. The number of thioether (sulfide) groups is 1. The first-order valence-corrected chi connectivity index (χ1v) is 6.69. The number of rotatable bonds is 4. The normalized spacial score (nSPS) is 27.0. The summed E-state index contributed by atoms with van der Waals surface area (Å²) >= 11 is 1.42. The van der Waals surface area contributed by atoms with Gasteiger partial charge in [0.25, 0.3) is 0 Å². The van der Waals surface area contributed by atoms with E-state index in [0.717, 1.165) is 0 Å². The molecule has 1 N–H and O–H groups in total. The number of aromatic nitrogens is 2. The van der Waals surface area contributed by atoms with Gasteiger partial charge in [0.15, 0.2) is 11.4 Å². The third-order valence-corrected chi connectivity index (χ3v) is 3.30. The van der Waals surface area contributed by atoms with Crippen LogP contribution in [0.15, 0.2) is 11.4 Å². The van der Waals surface area contributed by atoms with Crippen LogP contribution < -0.4 is 0 Å². The van der Waals surface area contributed by atoms with Crippen LogP contribution in [0.1, 0.15) is 23.7 Å². The number of methoxy groups -OCH3 is 2. The Hall–Kier alpha value is -0.730. The van der Waals surface area contributed by atoms with Crippen molar-refractivity contribution in [1.82, 2.24) is 9.97 Å². The summed E-state index contributed by atoms with van der Waals surface area (Å²) < 4.78 is 15.9. The Morgan fingerprint density at radius 2 is 2.28 bits per heavy atom. The molecule has 0 radical (unpaired) electrons. The van der Waals surface area contributed by atoms with Gasteiger partial charge in [0, 0.05) is 20.4 Å². The molecule has 1 aromatic heterocycles. The summed E-state index contributed by atoms with van der Waals surface area (Å²) in [6, 6.07) is 0. The molecule has 7 heteroatoms. The van der Waals surface area contributed by atoms with Gasteiger partial charge in [-0.3, -0.25) is 0 Å². The van der Waals surface area contributed by atoms with Gasteiger partial charge in [-0.2, -0.15) is 0 Å². The van der Waals surface area contributed by atoms with Gasteiger partial charge in [-0.25, -0.2) is 9.97 Å². The van der Waals surface area contributed by atoms with Crippen molar-refractivity contribution < 1.29 is 19.3 Å². The summed E-state index contributed by atoms with van der Waals surface area (Å²) in [4.78, 5) is 8.49. The van der Waals surface area contributed by atoms with E-state index in [0.29, 0.717) is 16.4 Å². The molecule has 0 aromatic carbocycles. The van der Waals surface area contributed by atoms with Crippen molar-refractivity contribution in [2.24, 2.45) is 0 Å². The molecule has 0 saturated heterocycles. The molecule has 0 aliphatic carbocycles. The molecule has 0 saturated carbocycles. The maximum absolute atomic E-state index is 10.2. The lowest BCUT2D eigenvalue weighted by Crippen LogP contribution is -2.35. The minimum Gasteiger partial charge on any atom is -0.384 e. The maximum Gasteiger partial charge on any atom is 0.187 e. The third-order valence-electron chi connectivity index (χ3n) is 2.74. The van der Waals surface area contributed by atoms with Crippen LogP contribution in [0.25, 0.3) is 0 Å². The molecular weight excluding hydrogens is 256 g/mol. The average molecular weight is 272 g/mol. The molecule has 1 aliphatic heterocycles. The van der Waals surface area contributed by atoms with Crippen LogP contribution in [0.2, 0.25) is 0 Å². The third kappa shape index (κ3) is 2.50. The summed E-state index contributed by atoms with van der Waals surface area (Å²) in [6.07, 6.45) is 1.62. The second-order valence-corrected chi connectivity index (χ2v) is 4.61. The molecule has 18 heavy (non-hydrogen) atoms. The highest BCUT2D eigenvalue weighted by Crippen LogP contribution is 2.36. The van der Waals surface area contributed by atoms with E-state index in [-0.39, 0.29) is 6.61 Å². The van der Waals surface area contributed by atoms with E-state index < -0.39 is 18.5 Å². The van der Waals surface area contributed by atoms with Crippen LogP contribution in [0.5, 0.6) is 0 Å². The first-order chi connectivity index (χ1) is 8.71. The quantitative estimate of drug-likeness (QED) is 0.645. The summed E-state index contributed by atoms with van der Waals surface area (Å²) in [6.45, 7) is 0.277. The molecule has 6 nitrogen and oxygen atoms in total. The van der Waals surface area contributed by atoms with E-state index in [2.05, 4.69) is 9.97 Å². The summed E-state index contributed by atoms with van der Waals surface area (Å²) in [7, 11) is 3.10. The first kappa shape index (κ1) is 13.7. The predicted octanol–water partition coefficient (Wildman–Crippen LogP) is 0.922. The Balaban J connectivity index is 2.37. The fraction of sp³-hybridized carbons (Fsp3) is 0.636. The van der Waals surface area contributed by atoms with Crippen LogP contribution in [0.4, 0.5) is 0 Å². The fourth-order valence-electron chi connectivity index (χ4n) is 1.86. The highest BCUT2D eigenvalue weighted by atomic mass is 32.2. The van der Waals surface area contributed by atoms with Gasteiger partial charge < -0.3 is 19.3 Å². The van der Waals surface area contributed by atoms with Gasteiger partial charge in [0.2, 0.25) is 0 Å². The summed E-state index contributed by atoms with van der Waals surface area (Å²) in [5.74, 6) is 0. The monoisotopic (exact) mass is 272 g/mol. The SMILES string of the molecule is COC[C@H]1O[C@H](OC)c2cnc(SC)nc2[C@@H]1O. The van der Waals surface area contributed by atoms with E-state index in [1.807, 2.05) is 6.26 Å². The van der Waals surface area contributed by atoms with E-state index >= 15 is 0 Å². The van der Waals surface area contributed by atoms with E-state index in [1.165, 1.54) is 11.8 Å². The number of hydrogen-bond acceptors (Lipinski definition) is 7. The smallest absolute Gasteiger partial charge is 0.187 e. The summed E-state index contributed by atoms with van der Waals surface area (Å²) in [5.41, 5.74) is 1.21. The lowest BCUT2D eigenvalue weighted by molar-refractivity contribution is -0.211. The second kappa shape index (κ2) is 5.94. The van der Waals surface area contributed by atoms with Crippen molar-refractivity contribution in [3.8, 4) is 0 Å². The Morgan fingerprint density at radius 3 is 2.89 bits per heavy atom. The van der Waals surface area contributed by atoms with Crippen molar-refractivity contribution in [1.29, 1.82) is 0 Å². The van der Waals surface area contributed by atoms with Crippen molar-refractivity contribution >= 4 is 11.8 Å². The van der Waals surface area contributed by atoms with Crippen LogP contribution in [-0.4, -0.2) is 48.3 Å². The van der Waals surface area contributed by atoms with Crippen molar-refractivity contribution in [2.45, 2.75) is 23.7 Å². The van der Waals surface area contributed by atoms with Crippen LogP contribution in [0.3, 0.4) is 0 Å². The number of hydrogen-bond donors (Lipinski definition) is 1. The molecule has 0 amide bonds. The van der Waals surface area contributed by atoms with E-state index in [4.69, 9.17) is 14.2 Å². The van der Waals surface area contributed by atoms with Gasteiger partial charge in [-0.05, 0) is 6.26 Å². The van der Waals surface area contributed by atoms with Crippen molar-refractivity contribution in [2.75, 3.05) is 27.1 Å². The Labute approximate surface area is 110 Å². The van der Waals surface area contributed by atoms with Crippen LogP contribution >= 0.6 is 11.8 Å². The molecule has 3 atom stereocenters. The van der Waals surface area contributed by atoms with Crippen molar-refractivity contribution in [3.05, 3.63) is 17.5 Å².